The molecular formula is C19H25ClN2O2S. The molecule has 0 spiro atoms. The van der Waals surface area contributed by atoms with Crippen LogP contribution < -0.4 is 0 Å². The van der Waals surface area contributed by atoms with Gasteiger partial charge in [0.15, 0.2) is 0 Å². The van der Waals surface area contributed by atoms with E-state index in [1.54, 1.807) is 11.8 Å². The minimum absolute atomic E-state index is 0.150. The van der Waals surface area contributed by atoms with Crippen molar-refractivity contribution < 1.29 is 9.21 Å². The van der Waals surface area contributed by atoms with Gasteiger partial charge in [-0.2, -0.15) is 0 Å². The maximum Gasteiger partial charge on any atom is 0.223 e. The molecule has 0 N–H and O–H groups in total. The quantitative estimate of drug-likeness (QED) is 0.607. The predicted molar refractivity (Wildman–Crippen MR) is 104 cm³/mol. The zero-order valence-electron chi connectivity index (χ0n) is 15.0. The van der Waals surface area contributed by atoms with Gasteiger partial charge in [0, 0.05) is 35.2 Å². The number of hydrogen-bond donors (Lipinski definition) is 0. The Morgan fingerprint density at radius 3 is 2.44 bits per heavy atom. The van der Waals surface area contributed by atoms with Gasteiger partial charge in [-0.15, -0.1) is 11.8 Å². The molecule has 1 amide bonds. The fourth-order valence-corrected chi connectivity index (χ4v) is 3.28. The first kappa shape index (κ1) is 19.9. The van der Waals surface area contributed by atoms with Gasteiger partial charge in [0.25, 0.3) is 0 Å². The van der Waals surface area contributed by atoms with E-state index < -0.39 is 0 Å². The van der Waals surface area contributed by atoms with Crippen molar-refractivity contribution in [2.45, 2.75) is 24.8 Å². The summed E-state index contributed by atoms with van der Waals surface area (Å²) in [5.74, 6) is 2.59. The molecule has 136 valence electrons. The lowest BCUT2D eigenvalue weighted by molar-refractivity contribution is -0.131. The standard InChI is InChI=1S/C19H25ClN2O2S/c1-15-4-7-17(24-15)14-22(12-11-21(2)3)19(23)10-13-25-18-8-5-16(20)6-9-18/h4-9H,10-14H2,1-3H3. The highest BCUT2D eigenvalue weighted by Gasteiger charge is 2.16. The Morgan fingerprint density at radius 2 is 1.84 bits per heavy atom. The Bertz CT molecular complexity index is 670. The number of rotatable bonds is 9. The number of benzene rings is 1. The second kappa shape index (κ2) is 9.90. The number of nitrogens with zero attached hydrogens (tertiary/aromatic N) is 2. The summed E-state index contributed by atoms with van der Waals surface area (Å²) >= 11 is 7.56. The maximum absolute atomic E-state index is 12.6. The van der Waals surface area contributed by atoms with Gasteiger partial charge in [-0.25, -0.2) is 0 Å². The Balaban J connectivity index is 1.88. The van der Waals surface area contributed by atoms with Crippen molar-refractivity contribution in [3.8, 4) is 0 Å². The van der Waals surface area contributed by atoms with Gasteiger partial charge < -0.3 is 14.2 Å². The molecule has 25 heavy (non-hydrogen) atoms. The van der Waals surface area contributed by atoms with Gasteiger partial charge in [0.2, 0.25) is 5.91 Å². The van der Waals surface area contributed by atoms with Crippen molar-refractivity contribution >= 4 is 29.3 Å². The average molecular weight is 381 g/mol. The van der Waals surface area contributed by atoms with Gasteiger partial charge in [-0.3, -0.25) is 4.79 Å². The summed E-state index contributed by atoms with van der Waals surface area (Å²) in [4.78, 5) is 17.7. The molecule has 6 heteroatoms. The molecule has 1 heterocycles. The number of amides is 1. The number of likely N-dealkylation sites (N-methyl/N-ethyl adjacent to an activating group) is 1. The van der Waals surface area contributed by atoms with E-state index in [0.29, 0.717) is 19.5 Å². The van der Waals surface area contributed by atoms with Gasteiger partial charge in [-0.05, 0) is 57.4 Å². The minimum Gasteiger partial charge on any atom is -0.464 e. The molecular weight excluding hydrogens is 356 g/mol. The lowest BCUT2D eigenvalue weighted by Gasteiger charge is -2.23. The van der Waals surface area contributed by atoms with Crippen molar-refractivity contribution in [3.63, 3.8) is 0 Å². The Kier molecular flexibility index (Phi) is 7.88. The molecule has 0 aliphatic rings. The van der Waals surface area contributed by atoms with E-state index in [2.05, 4.69) is 4.90 Å². The first-order chi connectivity index (χ1) is 11.9. The summed E-state index contributed by atoms with van der Waals surface area (Å²) in [5.41, 5.74) is 0. The third-order valence-corrected chi connectivity index (χ3v) is 4.98. The lowest BCUT2D eigenvalue weighted by atomic mass is 10.3. The van der Waals surface area contributed by atoms with Crippen LogP contribution in [0.2, 0.25) is 5.02 Å². The highest BCUT2D eigenvalue weighted by Crippen LogP contribution is 2.21. The largest absolute Gasteiger partial charge is 0.464 e. The van der Waals surface area contributed by atoms with Crippen molar-refractivity contribution in [1.29, 1.82) is 0 Å². The molecule has 2 aromatic rings. The number of aryl methyl sites for hydroxylation is 1. The Hall–Kier alpha value is -1.43. The SMILES string of the molecule is Cc1ccc(CN(CCN(C)C)C(=O)CCSc2ccc(Cl)cc2)o1. The highest BCUT2D eigenvalue weighted by atomic mass is 35.5. The zero-order chi connectivity index (χ0) is 18.2. The summed E-state index contributed by atoms with van der Waals surface area (Å²) in [6, 6.07) is 11.6. The smallest absolute Gasteiger partial charge is 0.223 e. The molecule has 2 rings (SSSR count). The zero-order valence-corrected chi connectivity index (χ0v) is 16.6. The summed E-state index contributed by atoms with van der Waals surface area (Å²) < 4.78 is 5.63. The van der Waals surface area contributed by atoms with E-state index in [-0.39, 0.29) is 5.91 Å². The maximum atomic E-state index is 12.6. The van der Waals surface area contributed by atoms with Crippen LogP contribution in [0.15, 0.2) is 45.7 Å². The second-order valence-corrected chi connectivity index (χ2v) is 7.79. The van der Waals surface area contributed by atoms with Crippen LogP contribution in [0.5, 0.6) is 0 Å². The first-order valence-corrected chi connectivity index (χ1v) is 9.66. The van der Waals surface area contributed by atoms with Crippen molar-refractivity contribution in [2.24, 2.45) is 0 Å². The molecule has 0 fully saturated rings. The summed E-state index contributed by atoms with van der Waals surface area (Å²) in [7, 11) is 4.02. The molecule has 0 aliphatic heterocycles. The summed E-state index contributed by atoms with van der Waals surface area (Å²) in [6.07, 6.45) is 0.500. The normalized spacial score (nSPS) is 11.1. The van der Waals surface area contributed by atoms with E-state index in [9.17, 15) is 4.79 Å². The van der Waals surface area contributed by atoms with Gasteiger partial charge in [0.05, 0.1) is 6.54 Å². The Labute approximate surface area is 159 Å². The van der Waals surface area contributed by atoms with Crippen LogP contribution in [-0.4, -0.2) is 48.6 Å². The number of furan rings is 1. The van der Waals surface area contributed by atoms with Crippen LogP contribution >= 0.6 is 23.4 Å². The fourth-order valence-electron chi connectivity index (χ4n) is 2.32. The third-order valence-electron chi connectivity index (χ3n) is 3.71. The highest BCUT2D eigenvalue weighted by molar-refractivity contribution is 7.99. The van der Waals surface area contributed by atoms with Crippen LogP contribution in [0.1, 0.15) is 17.9 Å². The molecule has 0 atom stereocenters. The topological polar surface area (TPSA) is 36.7 Å². The minimum atomic E-state index is 0.150. The van der Waals surface area contributed by atoms with Gasteiger partial charge in [-0.1, -0.05) is 11.6 Å². The van der Waals surface area contributed by atoms with E-state index in [1.807, 2.05) is 62.3 Å². The second-order valence-electron chi connectivity index (χ2n) is 6.18. The van der Waals surface area contributed by atoms with E-state index >= 15 is 0 Å². The molecule has 0 saturated heterocycles. The molecule has 1 aromatic heterocycles. The monoisotopic (exact) mass is 380 g/mol. The molecule has 0 bridgehead atoms. The number of carbonyl (C=O) groups is 1. The van der Waals surface area contributed by atoms with Crippen molar-refractivity contribution in [1.82, 2.24) is 9.80 Å². The fraction of sp³-hybridized carbons (Fsp3) is 0.421. The van der Waals surface area contributed by atoms with Crippen LogP contribution in [0, 0.1) is 6.92 Å². The van der Waals surface area contributed by atoms with Gasteiger partial charge >= 0.3 is 0 Å². The van der Waals surface area contributed by atoms with E-state index in [1.165, 1.54) is 0 Å². The number of halogens is 1. The molecule has 0 unspecified atom stereocenters. The van der Waals surface area contributed by atoms with Gasteiger partial charge in [0.1, 0.15) is 11.5 Å². The van der Waals surface area contributed by atoms with Crippen LogP contribution in [0.3, 0.4) is 0 Å². The molecule has 0 radical (unpaired) electrons. The molecule has 0 saturated carbocycles. The Morgan fingerprint density at radius 1 is 1.12 bits per heavy atom. The molecule has 4 nitrogen and oxygen atoms in total. The summed E-state index contributed by atoms with van der Waals surface area (Å²) in [6.45, 7) is 3.96. The van der Waals surface area contributed by atoms with Crippen LogP contribution in [0.25, 0.3) is 0 Å². The van der Waals surface area contributed by atoms with Crippen molar-refractivity contribution in [3.05, 3.63) is 52.9 Å². The molecule has 0 aliphatic carbocycles. The number of carbonyl (C=O) groups excluding carboxylic acids is 1. The molecule has 1 aromatic carbocycles. The third kappa shape index (κ3) is 7.14. The van der Waals surface area contributed by atoms with Crippen molar-refractivity contribution in [2.75, 3.05) is 32.9 Å². The van der Waals surface area contributed by atoms with Crippen LogP contribution in [-0.2, 0) is 11.3 Å². The summed E-state index contributed by atoms with van der Waals surface area (Å²) in [5, 5.41) is 0.726. The van der Waals surface area contributed by atoms with Crippen LogP contribution in [0.4, 0.5) is 0 Å². The average Bonchev–Trinajstić information content (AvgIpc) is 2.98. The van der Waals surface area contributed by atoms with E-state index in [0.717, 1.165) is 33.7 Å². The predicted octanol–water partition coefficient (Wildman–Crippen LogP) is 4.31. The lowest BCUT2D eigenvalue weighted by Crippen LogP contribution is -2.36. The number of hydrogen-bond acceptors (Lipinski definition) is 4. The van der Waals surface area contributed by atoms with E-state index in [4.69, 9.17) is 16.0 Å². The first-order valence-electron chi connectivity index (χ1n) is 8.30. The number of thioether (sulfide) groups is 1.